The summed E-state index contributed by atoms with van der Waals surface area (Å²) in [6, 6.07) is 18.4. The number of hydrogen-bond acceptors (Lipinski definition) is 2. The van der Waals surface area contributed by atoms with Crippen LogP contribution in [0.3, 0.4) is 0 Å². The van der Waals surface area contributed by atoms with E-state index in [9.17, 15) is 4.79 Å². The number of imidazole rings is 1. The van der Waals surface area contributed by atoms with Crippen molar-refractivity contribution in [2.75, 3.05) is 6.54 Å². The molecule has 0 bridgehead atoms. The number of rotatable bonds is 23. The molecule has 4 nitrogen and oxygen atoms in total. The molecule has 40 heavy (non-hydrogen) atoms. The van der Waals surface area contributed by atoms with Crippen LogP contribution in [0.25, 0.3) is 11.0 Å². The Morgan fingerprint density at radius 2 is 1.23 bits per heavy atom. The van der Waals surface area contributed by atoms with Gasteiger partial charge < -0.3 is 9.88 Å². The summed E-state index contributed by atoms with van der Waals surface area (Å²) >= 11 is 0. The Kier molecular flexibility index (Phi) is 16.2. The highest BCUT2D eigenvalue weighted by Crippen LogP contribution is 2.19. The van der Waals surface area contributed by atoms with E-state index in [0.29, 0.717) is 13.0 Å². The Labute approximate surface area is 244 Å². The third-order valence-electron chi connectivity index (χ3n) is 8.08. The summed E-state index contributed by atoms with van der Waals surface area (Å²) in [4.78, 5) is 17.2. The van der Waals surface area contributed by atoms with Gasteiger partial charge in [-0.05, 0) is 30.5 Å². The number of amides is 1. The van der Waals surface area contributed by atoms with Crippen molar-refractivity contribution >= 4 is 16.9 Å². The van der Waals surface area contributed by atoms with Gasteiger partial charge in [-0.3, -0.25) is 4.79 Å². The normalized spacial score (nSPS) is 11.3. The molecule has 4 heteroatoms. The van der Waals surface area contributed by atoms with Crippen molar-refractivity contribution in [3.8, 4) is 0 Å². The summed E-state index contributed by atoms with van der Waals surface area (Å²) in [5, 5.41) is 3.08. The van der Waals surface area contributed by atoms with Gasteiger partial charge in [0, 0.05) is 19.5 Å². The maximum absolute atomic E-state index is 12.3. The maximum Gasteiger partial charge on any atom is 0.224 e. The molecule has 3 rings (SSSR count). The zero-order valence-corrected chi connectivity index (χ0v) is 25.3. The molecule has 0 fully saturated rings. The van der Waals surface area contributed by atoms with Crippen LogP contribution < -0.4 is 5.32 Å². The third kappa shape index (κ3) is 12.7. The number of unbranched alkanes of at least 4 members (excludes halogenated alkanes) is 15. The van der Waals surface area contributed by atoms with Gasteiger partial charge in [0.25, 0.3) is 0 Å². The zero-order chi connectivity index (χ0) is 28.1. The van der Waals surface area contributed by atoms with E-state index in [4.69, 9.17) is 4.98 Å². The molecule has 1 heterocycles. The van der Waals surface area contributed by atoms with Gasteiger partial charge in [-0.2, -0.15) is 0 Å². The summed E-state index contributed by atoms with van der Waals surface area (Å²) in [6.45, 7) is 4.02. The number of carbonyl (C=O) groups is 1. The molecule has 0 unspecified atom stereocenters. The molecule has 1 amide bonds. The van der Waals surface area contributed by atoms with Crippen LogP contribution in [0.1, 0.15) is 127 Å². The summed E-state index contributed by atoms with van der Waals surface area (Å²) < 4.78 is 2.42. The second-order valence-electron chi connectivity index (χ2n) is 11.6. The van der Waals surface area contributed by atoms with E-state index in [2.05, 4.69) is 41.1 Å². The molecule has 0 saturated heterocycles. The first kappa shape index (κ1) is 31.9. The van der Waals surface area contributed by atoms with Crippen LogP contribution in [-0.4, -0.2) is 22.0 Å². The summed E-state index contributed by atoms with van der Waals surface area (Å²) in [7, 11) is 0. The van der Waals surface area contributed by atoms with Crippen molar-refractivity contribution in [3.63, 3.8) is 0 Å². The number of carbonyl (C=O) groups excluding carboxylic acids is 1. The van der Waals surface area contributed by atoms with E-state index in [-0.39, 0.29) is 5.91 Å². The number of hydrogen-bond donors (Lipinski definition) is 1. The van der Waals surface area contributed by atoms with Gasteiger partial charge >= 0.3 is 0 Å². The monoisotopic (exact) mass is 545 g/mol. The number of aromatic nitrogens is 2. The Bertz CT molecular complexity index is 1060. The fraction of sp³-hybridized carbons (Fsp3) is 0.611. The minimum atomic E-state index is 0.0906. The van der Waals surface area contributed by atoms with E-state index in [1.807, 2.05) is 30.3 Å². The lowest BCUT2D eigenvalue weighted by molar-refractivity contribution is -0.120. The summed E-state index contributed by atoms with van der Waals surface area (Å²) in [5.74, 6) is 1.24. The van der Waals surface area contributed by atoms with Gasteiger partial charge in [0.2, 0.25) is 5.91 Å². The molecule has 0 radical (unpaired) electrons. The average molecular weight is 546 g/mol. The highest BCUT2D eigenvalue weighted by atomic mass is 16.1. The maximum atomic E-state index is 12.3. The van der Waals surface area contributed by atoms with Crippen molar-refractivity contribution in [2.24, 2.45) is 0 Å². The van der Waals surface area contributed by atoms with Crippen LogP contribution >= 0.6 is 0 Å². The molecule has 0 aliphatic heterocycles. The number of para-hydroxylation sites is 2. The Balaban J connectivity index is 1.25. The lowest BCUT2D eigenvalue weighted by atomic mass is 10.0. The zero-order valence-electron chi connectivity index (χ0n) is 25.3. The molecule has 0 aliphatic carbocycles. The molecular weight excluding hydrogens is 490 g/mol. The quantitative estimate of drug-likeness (QED) is 0.121. The minimum absolute atomic E-state index is 0.0906. The number of nitrogens with one attached hydrogen (secondary N) is 1. The van der Waals surface area contributed by atoms with Gasteiger partial charge in [-0.25, -0.2) is 4.98 Å². The number of aryl methyl sites for hydroxylation is 2. The van der Waals surface area contributed by atoms with Crippen LogP contribution in [0.15, 0.2) is 54.6 Å². The standard InChI is InChI=1S/C36H55N3O/c1-2-3-4-5-6-7-8-9-10-11-12-13-14-15-16-22-30-39-34-27-21-20-26-33(34)38-35(39)28-23-29-37-36(40)31-32-24-18-17-19-25-32/h17-21,24-27H,2-16,22-23,28-31H2,1H3,(H,37,40). The highest BCUT2D eigenvalue weighted by Gasteiger charge is 2.10. The largest absolute Gasteiger partial charge is 0.356 e. The van der Waals surface area contributed by atoms with Crippen molar-refractivity contribution in [1.82, 2.24) is 14.9 Å². The molecule has 220 valence electrons. The molecule has 1 aromatic heterocycles. The smallest absolute Gasteiger partial charge is 0.224 e. The molecule has 3 aromatic rings. The molecule has 0 saturated carbocycles. The molecule has 0 atom stereocenters. The van der Waals surface area contributed by atoms with Crippen molar-refractivity contribution in [2.45, 2.75) is 135 Å². The Morgan fingerprint density at radius 1 is 0.675 bits per heavy atom. The fourth-order valence-corrected chi connectivity index (χ4v) is 5.70. The van der Waals surface area contributed by atoms with Gasteiger partial charge in [0.15, 0.2) is 0 Å². The molecule has 0 aliphatic rings. The van der Waals surface area contributed by atoms with Crippen molar-refractivity contribution < 1.29 is 4.79 Å². The summed E-state index contributed by atoms with van der Waals surface area (Å²) in [6.07, 6.45) is 24.5. The number of benzene rings is 2. The first-order valence-electron chi connectivity index (χ1n) is 16.5. The van der Waals surface area contributed by atoms with Crippen molar-refractivity contribution in [1.29, 1.82) is 0 Å². The second kappa shape index (κ2) is 20.3. The number of nitrogens with zero attached hydrogens (tertiary/aromatic N) is 2. The second-order valence-corrected chi connectivity index (χ2v) is 11.6. The highest BCUT2D eigenvalue weighted by molar-refractivity contribution is 5.78. The Morgan fingerprint density at radius 3 is 1.85 bits per heavy atom. The van der Waals surface area contributed by atoms with E-state index in [0.717, 1.165) is 36.3 Å². The van der Waals surface area contributed by atoms with Crippen LogP contribution in [0, 0.1) is 0 Å². The van der Waals surface area contributed by atoms with Gasteiger partial charge in [0.1, 0.15) is 5.82 Å². The van der Waals surface area contributed by atoms with Crippen molar-refractivity contribution in [3.05, 3.63) is 66.0 Å². The molecule has 1 N–H and O–H groups in total. The van der Waals surface area contributed by atoms with Crippen LogP contribution in [-0.2, 0) is 24.2 Å². The SMILES string of the molecule is CCCCCCCCCCCCCCCCCCn1c(CCCNC(=O)Cc2ccccc2)nc2ccccc21. The predicted molar refractivity (Wildman–Crippen MR) is 171 cm³/mol. The summed E-state index contributed by atoms with van der Waals surface area (Å²) in [5.41, 5.74) is 3.38. The molecule has 0 spiro atoms. The van der Waals surface area contributed by atoms with E-state index in [1.54, 1.807) is 0 Å². The molecular formula is C36H55N3O. The van der Waals surface area contributed by atoms with Crippen LogP contribution in [0.5, 0.6) is 0 Å². The van der Waals surface area contributed by atoms with E-state index < -0.39 is 0 Å². The predicted octanol–water partition coefficient (Wildman–Crippen LogP) is 9.59. The third-order valence-corrected chi connectivity index (χ3v) is 8.08. The van der Waals surface area contributed by atoms with E-state index in [1.165, 1.54) is 108 Å². The van der Waals surface area contributed by atoms with Crippen LogP contribution in [0.4, 0.5) is 0 Å². The first-order chi connectivity index (χ1) is 19.8. The van der Waals surface area contributed by atoms with Gasteiger partial charge in [-0.15, -0.1) is 0 Å². The topological polar surface area (TPSA) is 46.9 Å². The molecule has 2 aromatic carbocycles. The average Bonchev–Trinajstić information content (AvgIpc) is 3.33. The van der Waals surface area contributed by atoms with Crippen LogP contribution in [0.2, 0.25) is 0 Å². The minimum Gasteiger partial charge on any atom is -0.356 e. The van der Waals surface area contributed by atoms with E-state index >= 15 is 0 Å². The number of fused-ring (bicyclic) bond motifs is 1. The van der Waals surface area contributed by atoms with Gasteiger partial charge in [-0.1, -0.05) is 146 Å². The lowest BCUT2D eigenvalue weighted by Crippen LogP contribution is -2.26. The lowest BCUT2D eigenvalue weighted by Gasteiger charge is -2.10. The first-order valence-corrected chi connectivity index (χ1v) is 16.5. The van der Waals surface area contributed by atoms with Gasteiger partial charge in [0.05, 0.1) is 17.5 Å². The fourth-order valence-electron chi connectivity index (χ4n) is 5.70. The Hall–Kier alpha value is -2.62.